The summed E-state index contributed by atoms with van der Waals surface area (Å²) >= 11 is 0. The number of amides is 1. The number of unbranched alkanes of at least 4 members (excludes halogenated alkanes) is 1. The quantitative estimate of drug-likeness (QED) is 0.244. The molecular formula is C29H29N3O5. The number of rotatable bonds is 8. The Kier molecular flexibility index (Phi) is 7.88. The van der Waals surface area contributed by atoms with E-state index in [2.05, 4.69) is 0 Å². The van der Waals surface area contributed by atoms with Crippen molar-refractivity contribution in [2.75, 3.05) is 14.1 Å². The number of nitrogens with zero attached hydrogens (tertiary/aromatic N) is 3. The molecule has 0 bridgehead atoms. The Hall–Kier alpha value is -4.59. The van der Waals surface area contributed by atoms with Crippen LogP contribution in [0.25, 0.3) is 11.4 Å². The molecule has 190 valence electrons. The van der Waals surface area contributed by atoms with Crippen molar-refractivity contribution >= 4 is 12.1 Å². The molecule has 0 radical (unpaired) electrons. The van der Waals surface area contributed by atoms with Gasteiger partial charge in [-0.15, -0.1) is 0 Å². The molecule has 0 fully saturated rings. The van der Waals surface area contributed by atoms with Gasteiger partial charge in [0.2, 0.25) is 5.88 Å². The average molecular weight is 500 g/mol. The van der Waals surface area contributed by atoms with E-state index in [1.165, 1.54) is 9.58 Å². The van der Waals surface area contributed by atoms with E-state index >= 15 is 0 Å². The lowest BCUT2D eigenvalue weighted by Gasteiger charge is -2.17. The molecule has 3 aromatic carbocycles. The van der Waals surface area contributed by atoms with Crippen molar-refractivity contribution in [1.82, 2.24) is 14.3 Å². The summed E-state index contributed by atoms with van der Waals surface area (Å²) in [6, 6.07) is 24.6. The molecule has 4 rings (SSSR count). The summed E-state index contributed by atoms with van der Waals surface area (Å²) in [5, 5.41) is 0. The Morgan fingerprint density at radius 1 is 0.784 bits per heavy atom. The molecule has 4 aromatic rings. The SMILES string of the molecule is CCCCc1c(OC(=O)N(C)C)n(-c2ccc(OC(=O)c3ccccc3)cc2)n(-c2ccccc2)c1=O. The second kappa shape index (κ2) is 11.4. The van der Waals surface area contributed by atoms with Crippen molar-refractivity contribution in [3.8, 4) is 23.0 Å². The number of esters is 1. The van der Waals surface area contributed by atoms with Crippen LogP contribution in [0.3, 0.4) is 0 Å². The molecule has 0 atom stereocenters. The van der Waals surface area contributed by atoms with Crippen LogP contribution < -0.4 is 15.0 Å². The van der Waals surface area contributed by atoms with Crippen molar-refractivity contribution in [2.45, 2.75) is 26.2 Å². The molecule has 0 unspecified atom stereocenters. The zero-order valence-electron chi connectivity index (χ0n) is 21.1. The van der Waals surface area contributed by atoms with Gasteiger partial charge in [-0.25, -0.2) is 19.0 Å². The van der Waals surface area contributed by atoms with E-state index in [1.54, 1.807) is 67.3 Å². The molecule has 37 heavy (non-hydrogen) atoms. The lowest BCUT2D eigenvalue weighted by molar-refractivity contribution is 0.0734. The van der Waals surface area contributed by atoms with Crippen molar-refractivity contribution in [2.24, 2.45) is 0 Å². The molecule has 0 saturated heterocycles. The van der Waals surface area contributed by atoms with Gasteiger partial charge in [0.1, 0.15) is 5.75 Å². The standard InChI is InChI=1S/C29H29N3O5/c1-4-5-16-25-26(33)31(22-14-10-7-11-15-22)32(27(25)37-29(35)30(2)3)23-17-19-24(20-18-23)36-28(34)21-12-8-6-9-13-21/h6-15,17-20H,4-5,16H2,1-3H3. The fourth-order valence-corrected chi connectivity index (χ4v) is 3.81. The average Bonchev–Trinajstić information content (AvgIpc) is 3.19. The first kappa shape index (κ1) is 25.5. The van der Waals surface area contributed by atoms with E-state index in [9.17, 15) is 14.4 Å². The third-order valence-electron chi connectivity index (χ3n) is 5.73. The van der Waals surface area contributed by atoms with Crippen LogP contribution in [0.1, 0.15) is 35.7 Å². The monoisotopic (exact) mass is 499 g/mol. The maximum Gasteiger partial charge on any atom is 0.416 e. The first-order valence-electron chi connectivity index (χ1n) is 12.1. The van der Waals surface area contributed by atoms with Crippen LogP contribution in [-0.2, 0) is 6.42 Å². The molecule has 0 N–H and O–H groups in total. The van der Waals surface area contributed by atoms with E-state index in [0.717, 1.165) is 12.8 Å². The van der Waals surface area contributed by atoms with Crippen LogP contribution in [0.2, 0.25) is 0 Å². The molecule has 1 amide bonds. The maximum absolute atomic E-state index is 13.7. The molecule has 0 aliphatic rings. The lowest BCUT2D eigenvalue weighted by atomic mass is 10.1. The summed E-state index contributed by atoms with van der Waals surface area (Å²) in [5.41, 5.74) is 1.77. The number of hydrogen-bond acceptors (Lipinski definition) is 5. The number of ether oxygens (including phenoxy) is 2. The molecule has 1 heterocycles. The van der Waals surface area contributed by atoms with E-state index in [-0.39, 0.29) is 11.4 Å². The topological polar surface area (TPSA) is 82.8 Å². The van der Waals surface area contributed by atoms with Crippen molar-refractivity contribution < 1.29 is 19.1 Å². The van der Waals surface area contributed by atoms with Crippen LogP contribution in [0.15, 0.2) is 89.7 Å². The van der Waals surface area contributed by atoms with Crippen molar-refractivity contribution in [3.05, 3.63) is 106 Å². The smallest absolute Gasteiger partial charge is 0.416 e. The predicted molar refractivity (Wildman–Crippen MR) is 141 cm³/mol. The molecule has 8 nitrogen and oxygen atoms in total. The number of hydrogen-bond donors (Lipinski definition) is 0. The van der Waals surface area contributed by atoms with Crippen LogP contribution >= 0.6 is 0 Å². The fraction of sp³-hybridized carbons (Fsp3) is 0.207. The van der Waals surface area contributed by atoms with Gasteiger partial charge in [0.25, 0.3) is 5.56 Å². The highest BCUT2D eigenvalue weighted by Gasteiger charge is 2.26. The summed E-state index contributed by atoms with van der Waals surface area (Å²) in [4.78, 5) is 40.1. The Labute approximate surface area is 215 Å². The number of para-hydroxylation sites is 1. The van der Waals surface area contributed by atoms with Gasteiger partial charge in [0, 0.05) is 14.1 Å². The third-order valence-corrected chi connectivity index (χ3v) is 5.73. The second-order valence-electron chi connectivity index (χ2n) is 8.66. The Bertz CT molecular complexity index is 1420. The van der Waals surface area contributed by atoms with Gasteiger partial charge < -0.3 is 14.4 Å². The zero-order valence-corrected chi connectivity index (χ0v) is 21.1. The molecule has 0 spiro atoms. The normalized spacial score (nSPS) is 10.7. The predicted octanol–water partition coefficient (Wildman–Crippen LogP) is 5.25. The Balaban J connectivity index is 1.81. The molecule has 0 aliphatic heterocycles. The molecule has 0 aliphatic carbocycles. The molecular weight excluding hydrogens is 470 g/mol. The van der Waals surface area contributed by atoms with Gasteiger partial charge >= 0.3 is 12.1 Å². The van der Waals surface area contributed by atoms with Crippen LogP contribution in [-0.4, -0.2) is 40.4 Å². The first-order chi connectivity index (χ1) is 17.9. The minimum Gasteiger partial charge on any atom is -0.423 e. The number of benzene rings is 3. The van der Waals surface area contributed by atoms with Gasteiger partial charge in [-0.2, -0.15) is 0 Å². The molecule has 1 aromatic heterocycles. The van der Waals surface area contributed by atoms with Gasteiger partial charge in [0.15, 0.2) is 0 Å². The molecule has 0 saturated carbocycles. The van der Waals surface area contributed by atoms with E-state index < -0.39 is 12.1 Å². The number of carbonyl (C=O) groups excluding carboxylic acids is 2. The largest absolute Gasteiger partial charge is 0.423 e. The van der Waals surface area contributed by atoms with Gasteiger partial charge in [-0.3, -0.25) is 4.79 Å². The van der Waals surface area contributed by atoms with Crippen molar-refractivity contribution in [1.29, 1.82) is 0 Å². The summed E-state index contributed by atoms with van der Waals surface area (Å²) in [5.74, 6) is 0.0319. The fourth-order valence-electron chi connectivity index (χ4n) is 3.81. The van der Waals surface area contributed by atoms with E-state index in [0.29, 0.717) is 34.7 Å². The van der Waals surface area contributed by atoms with Crippen LogP contribution in [0.4, 0.5) is 4.79 Å². The number of carbonyl (C=O) groups is 2. The third kappa shape index (κ3) is 5.64. The van der Waals surface area contributed by atoms with E-state index in [4.69, 9.17) is 9.47 Å². The second-order valence-corrected chi connectivity index (χ2v) is 8.66. The van der Waals surface area contributed by atoms with Crippen LogP contribution in [0, 0.1) is 0 Å². The van der Waals surface area contributed by atoms with Gasteiger partial charge in [0.05, 0.1) is 22.5 Å². The number of aromatic nitrogens is 2. The minimum absolute atomic E-state index is 0.162. The summed E-state index contributed by atoms with van der Waals surface area (Å²) < 4.78 is 14.4. The summed E-state index contributed by atoms with van der Waals surface area (Å²) in [6.45, 7) is 2.04. The highest BCUT2D eigenvalue weighted by atomic mass is 16.6. The molecule has 8 heteroatoms. The highest BCUT2D eigenvalue weighted by Crippen LogP contribution is 2.27. The summed E-state index contributed by atoms with van der Waals surface area (Å²) in [7, 11) is 3.17. The van der Waals surface area contributed by atoms with Crippen LogP contribution in [0.5, 0.6) is 11.6 Å². The van der Waals surface area contributed by atoms with Gasteiger partial charge in [-0.05, 0) is 61.4 Å². The Morgan fingerprint density at radius 3 is 1.97 bits per heavy atom. The minimum atomic E-state index is -0.592. The first-order valence-corrected chi connectivity index (χ1v) is 12.1. The summed E-state index contributed by atoms with van der Waals surface area (Å²) in [6.07, 6.45) is 1.50. The van der Waals surface area contributed by atoms with Crippen molar-refractivity contribution in [3.63, 3.8) is 0 Å². The van der Waals surface area contributed by atoms with E-state index in [1.807, 2.05) is 43.3 Å². The zero-order chi connectivity index (χ0) is 26.4. The Morgan fingerprint density at radius 2 is 1.38 bits per heavy atom. The maximum atomic E-state index is 13.7. The highest BCUT2D eigenvalue weighted by molar-refractivity contribution is 5.91. The lowest BCUT2D eigenvalue weighted by Crippen LogP contribution is -2.27. The van der Waals surface area contributed by atoms with Gasteiger partial charge in [-0.1, -0.05) is 49.7 Å².